The molecule has 5 heteroatoms. The first kappa shape index (κ1) is 13.1. The second kappa shape index (κ2) is 4.89. The summed E-state index contributed by atoms with van der Waals surface area (Å²) in [4.78, 5) is 4.28. The van der Waals surface area contributed by atoms with Gasteiger partial charge >= 0.3 is 0 Å². The lowest BCUT2D eigenvalue weighted by Crippen LogP contribution is -2.36. The number of oxazole rings is 1. The smallest absolute Gasteiger partial charge is 0.256 e. The lowest BCUT2D eigenvalue weighted by molar-refractivity contribution is 0.429. The molecule has 0 aliphatic heterocycles. The molecule has 1 heterocycles. The van der Waals surface area contributed by atoms with Gasteiger partial charge in [0.25, 0.3) is 5.22 Å². The number of hydrogen-bond donors (Lipinski definition) is 1. The average molecular weight is 239 g/mol. The summed E-state index contributed by atoms with van der Waals surface area (Å²) >= 11 is 1.51. The van der Waals surface area contributed by atoms with Gasteiger partial charge in [0.1, 0.15) is 11.3 Å². The highest BCUT2D eigenvalue weighted by molar-refractivity contribution is 7.99. The Morgan fingerprint density at radius 1 is 1.62 bits per heavy atom. The van der Waals surface area contributed by atoms with Gasteiger partial charge in [0, 0.05) is 5.25 Å². The van der Waals surface area contributed by atoms with Crippen LogP contribution in [0.15, 0.2) is 9.64 Å². The SMILES string of the molecule is Cc1nc(SC(C)CC(C)(N)C#N)oc1C. The Hall–Kier alpha value is -0.990. The van der Waals surface area contributed by atoms with Crippen molar-refractivity contribution in [2.24, 2.45) is 5.73 Å². The monoisotopic (exact) mass is 239 g/mol. The molecule has 0 fully saturated rings. The first-order chi connectivity index (χ1) is 7.34. The Balaban J connectivity index is 2.59. The molecule has 0 aliphatic carbocycles. The topological polar surface area (TPSA) is 75.8 Å². The molecule has 0 bridgehead atoms. The van der Waals surface area contributed by atoms with Crippen LogP contribution in [0.3, 0.4) is 0 Å². The molecule has 88 valence electrons. The normalized spacial score (nSPS) is 16.5. The van der Waals surface area contributed by atoms with E-state index in [1.807, 2.05) is 20.8 Å². The van der Waals surface area contributed by atoms with E-state index < -0.39 is 5.54 Å². The third-order valence-electron chi connectivity index (χ3n) is 2.28. The van der Waals surface area contributed by atoms with Crippen LogP contribution in [0.1, 0.15) is 31.7 Å². The Morgan fingerprint density at radius 2 is 2.25 bits per heavy atom. The minimum atomic E-state index is -0.789. The summed E-state index contributed by atoms with van der Waals surface area (Å²) in [5.74, 6) is 0.838. The highest BCUT2D eigenvalue weighted by Gasteiger charge is 2.22. The Labute approximate surface area is 100 Å². The first-order valence-electron chi connectivity index (χ1n) is 5.15. The predicted molar refractivity (Wildman–Crippen MR) is 64.1 cm³/mol. The molecule has 2 atom stereocenters. The van der Waals surface area contributed by atoms with Crippen molar-refractivity contribution in [3.05, 3.63) is 11.5 Å². The van der Waals surface area contributed by atoms with Gasteiger partial charge in [-0.1, -0.05) is 18.7 Å². The van der Waals surface area contributed by atoms with Crippen LogP contribution in [-0.2, 0) is 0 Å². The van der Waals surface area contributed by atoms with Crippen molar-refractivity contribution < 1.29 is 4.42 Å². The maximum atomic E-state index is 8.83. The molecule has 1 rings (SSSR count). The fraction of sp³-hybridized carbons (Fsp3) is 0.636. The van der Waals surface area contributed by atoms with Crippen LogP contribution in [0, 0.1) is 25.2 Å². The molecule has 0 amide bonds. The Kier molecular flexibility index (Phi) is 4.00. The van der Waals surface area contributed by atoms with Gasteiger partial charge in [0.2, 0.25) is 0 Å². The molecule has 0 saturated carbocycles. The summed E-state index contributed by atoms with van der Waals surface area (Å²) < 4.78 is 5.46. The van der Waals surface area contributed by atoms with Crippen LogP contribution in [-0.4, -0.2) is 15.8 Å². The van der Waals surface area contributed by atoms with Gasteiger partial charge < -0.3 is 10.2 Å². The molecular formula is C11H17N3OS. The number of nitrogens with zero attached hydrogens (tertiary/aromatic N) is 2. The minimum absolute atomic E-state index is 0.201. The van der Waals surface area contributed by atoms with Crippen molar-refractivity contribution in [3.8, 4) is 6.07 Å². The lowest BCUT2D eigenvalue weighted by Gasteiger charge is -2.18. The highest BCUT2D eigenvalue weighted by atomic mass is 32.2. The van der Waals surface area contributed by atoms with E-state index in [1.54, 1.807) is 6.92 Å². The molecule has 0 spiro atoms. The van der Waals surface area contributed by atoms with Crippen molar-refractivity contribution in [2.45, 2.75) is 50.1 Å². The van der Waals surface area contributed by atoms with E-state index in [1.165, 1.54) is 11.8 Å². The zero-order chi connectivity index (χ0) is 12.3. The quantitative estimate of drug-likeness (QED) is 0.816. The molecule has 2 unspecified atom stereocenters. The zero-order valence-electron chi connectivity index (χ0n) is 10.1. The number of nitriles is 1. The predicted octanol–water partition coefficient (Wildman–Crippen LogP) is 2.40. The number of thioether (sulfide) groups is 1. The number of aromatic nitrogens is 1. The van der Waals surface area contributed by atoms with Crippen molar-refractivity contribution in [1.82, 2.24) is 4.98 Å². The van der Waals surface area contributed by atoms with E-state index in [0.29, 0.717) is 11.6 Å². The third kappa shape index (κ3) is 3.54. The van der Waals surface area contributed by atoms with E-state index in [0.717, 1.165) is 11.5 Å². The summed E-state index contributed by atoms with van der Waals surface area (Å²) in [5.41, 5.74) is 5.90. The van der Waals surface area contributed by atoms with Crippen LogP contribution in [0.4, 0.5) is 0 Å². The lowest BCUT2D eigenvalue weighted by atomic mass is 10.00. The zero-order valence-corrected chi connectivity index (χ0v) is 10.9. The molecule has 16 heavy (non-hydrogen) atoms. The summed E-state index contributed by atoms with van der Waals surface area (Å²) in [6.45, 7) is 7.55. The largest absolute Gasteiger partial charge is 0.437 e. The Morgan fingerprint density at radius 3 is 2.69 bits per heavy atom. The molecule has 0 aliphatic rings. The second-order valence-electron chi connectivity index (χ2n) is 4.28. The van der Waals surface area contributed by atoms with Crippen LogP contribution in [0.25, 0.3) is 0 Å². The molecule has 1 aromatic heterocycles. The van der Waals surface area contributed by atoms with Crippen molar-refractivity contribution in [1.29, 1.82) is 5.26 Å². The van der Waals surface area contributed by atoms with E-state index in [-0.39, 0.29) is 5.25 Å². The molecule has 2 N–H and O–H groups in total. The van der Waals surface area contributed by atoms with Crippen LogP contribution < -0.4 is 5.73 Å². The van der Waals surface area contributed by atoms with Crippen LogP contribution in [0.5, 0.6) is 0 Å². The van der Waals surface area contributed by atoms with E-state index in [4.69, 9.17) is 15.4 Å². The molecule has 0 saturated heterocycles. The Bertz CT molecular complexity index is 386. The van der Waals surface area contributed by atoms with Gasteiger partial charge in [-0.15, -0.1) is 0 Å². The minimum Gasteiger partial charge on any atom is -0.437 e. The number of hydrogen-bond acceptors (Lipinski definition) is 5. The van der Waals surface area contributed by atoms with Crippen molar-refractivity contribution in [3.63, 3.8) is 0 Å². The summed E-state index contributed by atoms with van der Waals surface area (Å²) in [5, 5.41) is 9.68. The molecule has 0 radical (unpaired) electrons. The van der Waals surface area contributed by atoms with Gasteiger partial charge in [-0.2, -0.15) is 5.26 Å². The second-order valence-corrected chi connectivity index (χ2v) is 5.67. The van der Waals surface area contributed by atoms with E-state index in [2.05, 4.69) is 11.1 Å². The standard InChI is InChI=1S/C11H17N3OS/c1-7(5-11(4,13)6-12)16-10-14-8(2)9(3)15-10/h7H,5,13H2,1-4H3. The van der Waals surface area contributed by atoms with Gasteiger partial charge in [-0.3, -0.25) is 0 Å². The van der Waals surface area contributed by atoms with Gasteiger partial charge in [-0.25, -0.2) is 4.98 Å². The first-order valence-corrected chi connectivity index (χ1v) is 6.03. The number of nitrogens with two attached hydrogens (primary N) is 1. The number of aryl methyl sites for hydroxylation is 2. The maximum absolute atomic E-state index is 8.83. The average Bonchev–Trinajstić information content (AvgIpc) is 2.44. The van der Waals surface area contributed by atoms with Gasteiger partial charge in [-0.05, 0) is 27.2 Å². The summed E-state index contributed by atoms with van der Waals surface area (Å²) in [6.07, 6.45) is 0.606. The molecular weight excluding hydrogens is 222 g/mol. The van der Waals surface area contributed by atoms with Gasteiger partial charge in [0.15, 0.2) is 0 Å². The van der Waals surface area contributed by atoms with Crippen molar-refractivity contribution >= 4 is 11.8 Å². The summed E-state index contributed by atoms with van der Waals surface area (Å²) in [7, 11) is 0. The number of rotatable bonds is 4. The van der Waals surface area contributed by atoms with Crippen LogP contribution >= 0.6 is 11.8 Å². The summed E-state index contributed by atoms with van der Waals surface area (Å²) in [6, 6.07) is 2.09. The third-order valence-corrected chi connectivity index (χ3v) is 3.22. The highest BCUT2D eigenvalue weighted by Crippen LogP contribution is 2.28. The molecule has 4 nitrogen and oxygen atoms in total. The molecule has 0 aromatic carbocycles. The molecule has 1 aromatic rings. The van der Waals surface area contributed by atoms with E-state index in [9.17, 15) is 0 Å². The van der Waals surface area contributed by atoms with Crippen LogP contribution in [0.2, 0.25) is 0 Å². The maximum Gasteiger partial charge on any atom is 0.256 e. The fourth-order valence-electron chi connectivity index (χ4n) is 1.35. The van der Waals surface area contributed by atoms with E-state index >= 15 is 0 Å². The van der Waals surface area contributed by atoms with Gasteiger partial charge in [0.05, 0.1) is 11.8 Å². The fourth-order valence-corrected chi connectivity index (χ4v) is 2.49. The van der Waals surface area contributed by atoms with Crippen molar-refractivity contribution in [2.75, 3.05) is 0 Å².